The Hall–Kier alpha value is -1.93. The van der Waals surface area contributed by atoms with Crippen molar-refractivity contribution < 1.29 is 4.79 Å². The molecule has 2 heteroatoms. The minimum absolute atomic E-state index is 0.142. The first-order valence-corrected chi connectivity index (χ1v) is 7.66. The van der Waals surface area contributed by atoms with E-state index >= 15 is 0 Å². The average molecular weight is 279 g/mol. The van der Waals surface area contributed by atoms with Crippen LogP contribution in [0, 0.1) is 6.92 Å². The van der Waals surface area contributed by atoms with E-state index < -0.39 is 0 Å². The maximum Gasteiger partial charge on any atom is 0.193 e. The number of ketones is 1. The van der Waals surface area contributed by atoms with Crippen LogP contribution in [0.3, 0.4) is 0 Å². The Morgan fingerprint density at radius 2 is 1.57 bits per heavy atom. The Bertz CT molecular complexity index is 642. The molecule has 1 saturated heterocycles. The summed E-state index contributed by atoms with van der Waals surface area (Å²) < 4.78 is 0. The van der Waals surface area contributed by atoms with Crippen molar-refractivity contribution in [2.24, 2.45) is 0 Å². The number of carbonyl (C=O) groups excluding carboxylic acids is 1. The van der Waals surface area contributed by atoms with Gasteiger partial charge in [0.2, 0.25) is 0 Å². The van der Waals surface area contributed by atoms with Crippen LogP contribution in [0.5, 0.6) is 0 Å². The zero-order valence-electron chi connectivity index (χ0n) is 12.5. The lowest BCUT2D eigenvalue weighted by molar-refractivity contribution is 0.103. The fraction of sp³-hybridized carbons (Fsp3) is 0.316. The van der Waals surface area contributed by atoms with Crippen molar-refractivity contribution in [3.63, 3.8) is 0 Å². The smallest absolute Gasteiger partial charge is 0.193 e. The van der Waals surface area contributed by atoms with Crippen LogP contribution in [0.15, 0.2) is 48.5 Å². The molecule has 3 rings (SSSR count). The van der Waals surface area contributed by atoms with E-state index in [1.165, 1.54) is 12.8 Å². The number of carbonyl (C=O) groups is 1. The van der Waals surface area contributed by atoms with Gasteiger partial charge >= 0.3 is 0 Å². The van der Waals surface area contributed by atoms with E-state index in [4.69, 9.17) is 0 Å². The average Bonchev–Trinajstić information content (AvgIpc) is 3.01. The van der Waals surface area contributed by atoms with Gasteiger partial charge in [0.05, 0.1) is 0 Å². The van der Waals surface area contributed by atoms with Gasteiger partial charge in [-0.05, 0) is 44.0 Å². The second kappa shape index (κ2) is 6.23. The van der Waals surface area contributed by atoms with Crippen molar-refractivity contribution in [3.05, 3.63) is 70.8 Å². The van der Waals surface area contributed by atoms with Gasteiger partial charge in [-0.25, -0.2) is 0 Å². The Balaban J connectivity index is 1.91. The molecule has 1 fully saturated rings. The fourth-order valence-corrected chi connectivity index (χ4v) is 3.03. The normalized spacial score (nSPS) is 15.3. The van der Waals surface area contributed by atoms with E-state index in [0.717, 1.165) is 41.9 Å². The molecule has 0 radical (unpaired) electrons. The van der Waals surface area contributed by atoms with Crippen LogP contribution in [0.1, 0.15) is 39.9 Å². The first kappa shape index (κ1) is 14.0. The van der Waals surface area contributed by atoms with E-state index in [1.807, 2.05) is 49.4 Å². The quantitative estimate of drug-likeness (QED) is 0.793. The molecule has 1 aliphatic rings. The number of benzene rings is 2. The summed E-state index contributed by atoms with van der Waals surface area (Å²) in [6.45, 7) is 5.17. The number of hydrogen-bond acceptors (Lipinski definition) is 2. The molecule has 0 saturated carbocycles. The lowest BCUT2D eigenvalue weighted by Crippen LogP contribution is -2.20. The van der Waals surface area contributed by atoms with Crippen molar-refractivity contribution in [1.29, 1.82) is 0 Å². The third-order valence-electron chi connectivity index (χ3n) is 4.24. The molecule has 0 aromatic heterocycles. The number of likely N-dealkylation sites (tertiary alicyclic amines) is 1. The van der Waals surface area contributed by atoms with Gasteiger partial charge in [0.25, 0.3) is 0 Å². The minimum atomic E-state index is 0.142. The molecule has 21 heavy (non-hydrogen) atoms. The summed E-state index contributed by atoms with van der Waals surface area (Å²) in [7, 11) is 0. The van der Waals surface area contributed by atoms with Gasteiger partial charge in [-0.15, -0.1) is 0 Å². The molecule has 2 aromatic carbocycles. The van der Waals surface area contributed by atoms with E-state index in [1.54, 1.807) is 0 Å². The molecule has 0 spiro atoms. The highest BCUT2D eigenvalue weighted by Crippen LogP contribution is 2.20. The highest BCUT2D eigenvalue weighted by molar-refractivity contribution is 6.10. The van der Waals surface area contributed by atoms with Gasteiger partial charge in [-0.2, -0.15) is 0 Å². The molecule has 0 amide bonds. The minimum Gasteiger partial charge on any atom is -0.299 e. The Kier molecular flexibility index (Phi) is 4.16. The molecule has 2 nitrogen and oxygen atoms in total. The van der Waals surface area contributed by atoms with Crippen LogP contribution < -0.4 is 0 Å². The second-order valence-corrected chi connectivity index (χ2v) is 5.78. The molecular weight excluding hydrogens is 258 g/mol. The van der Waals surface area contributed by atoms with Crippen LogP contribution in [0.25, 0.3) is 0 Å². The first-order chi connectivity index (χ1) is 10.3. The zero-order chi connectivity index (χ0) is 14.7. The van der Waals surface area contributed by atoms with Gasteiger partial charge in [0.15, 0.2) is 5.78 Å². The molecular formula is C19H21NO. The van der Waals surface area contributed by atoms with Crippen LogP contribution in [0.4, 0.5) is 0 Å². The predicted octanol–water partition coefficient (Wildman–Crippen LogP) is 3.82. The third-order valence-corrected chi connectivity index (χ3v) is 4.24. The zero-order valence-corrected chi connectivity index (χ0v) is 12.5. The summed E-state index contributed by atoms with van der Waals surface area (Å²) in [4.78, 5) is 15.3. The van der Waals surface area contributed by atoms with Crippen LogP contribution in [0.2, 0.25) is 0 Å². The summed E-state index contributed by atoms with van der Waals surface area (Å²) >= 11 is 0. The molecule has 1 heterocycles. The lowest BCUT2D eigenvalue weighted by atomic mass is 9.95. The van der Waals surface area contributed by atoms with Crippen molar-refractivity contribution >= 4 is 5.78 Å². The summed E-state index contributed by atoms with van der Waals surface area (Å²) in [6.07, 6.45) is 2.54. The third kappa shape index (κ3) is 3.06. The summed E-state index contributed by atoms with van der Waals surface area (Å²) in [5, 5.41) is 0. The van der Waals surface area contributed by atoms with Crippen LogP contribution >= 0.6 is 0 Å². The topological polar surface area (TPSA) is 20.3 Å². The summed E-state index contributed by atoms with van der Waals surface area (Å²) in [5.74, 6) is 0.142. The van der Waals surface area contributed by atoms with Gasteiger partial charge in [-0.1, -0.05) is 48.5 Å². The van der Waals surface area contributed by atoms with Gasteiger partial charge in [0.1, 0.15) is 0 Å². The molecule has 0 aliphatic carbocycles. The fourth-order valence-electron chi connectivity index (χ4n) is 3.03. The number of aryl methyl sites for hydroxylation is 1. The van der Waals surface area contributed by atoms with Crippen molar-refractivity contribution in [2.45, 2.75) is 26.3 Å². The molecule has 0 atom stereocenters. The van der Waals surface area contributed by atoms with Crippen molar-refractivity contribution in [2.75, 3.05) is 13.1 Å². The van der Waals surface area contributed by atoms with E-state index in [0.29, 0.717) is 0 Å². The Labute approximate surface area is 126 Å². The molecule has 108 valence electrons. The number of hydrogen-bond donors (Lipinski definition) is 0. The van der Waals surface area contributed by atoms with Crippen molar-refractivity contribution in [3.8, 4) is 0 Å². The Morgan fingerprint density at radius 3 is 2.29 bits per heavy atom. The Morgan fingerprint density at radius 1 is 0.952 bits per heavy atom. The number of nitrogens with zero attached hydrogens (tertiary/aromatic N) is 1. The van der Waals surface area contributed by atoms with Gasteiger partial charge in [-0.3, -0.25) is 9.69 Å². The largest absolute Gasteiger partial charge is 0.299 e. The van der Waals surface area contributed by atoms with Crippen molar-refractivity contribution in [1.82, 2.24) is 4.90 Å². The van der Waals surface area contributed by atoms with Crippen LogP contribution in [-0.2, 0) is 6.54 Å². The lowest BCUT2D eigenvalue weighted by Gasteiger charge is -2.17. The molecule has 0 bridgehead atoms. The highest BCUT2D eigenvalue weighted by Gasteiger charge is 2.18. The monoisotopic (exact) mass is 279 g/mol. The van der Waals surface area contributed by atoms with Gasteiger partial charge < -0.3 is 0 Å². The van der Waals surface area contributed by atoms with E-state index in [2.05, 4.69) is 11.0 Å². The van der Waals surface area contributed by atoms with E-state index in [9.17, 15) is 4.79 Å². The molecule has 0 N–H and O–H groups in total. The maximum absolute atomic E-state index is 12.8. The van der Waals surface area contributed by atoms with Crippen LogP contribution in [-0.4, -0.2) is 23.8 Å². The summed E-state index contributed by atoms with van der Waals surface area (Å²) in [6, 6.07) is 15.9. The van der Waals surface area contributed by atoms with E-state index in [-0.39, 0.29) is 5.78 Å². The highest BCUT2D eigenvalue weighted by atomic mass is 16.1. The van der Waals surface area contributed by atoms with Gasteiger partial charge in [0, 0.05) is 17.7 Å². The molecule has 2 aromatic rings. The molecule has 1 aliphatic heterocycles. The standard InChI is InChI=1S/C19H21NO/c1-15-8-2-4-10-17(15)19(21)18-11-5-3-9-16(18)14-20-12-6-7-13-20/h2-5,8-11H,6-7,12-14H2,1H3. The number of rotatable bonds is 4. The maximum atomic E-state index is 12.8. The second-order valence-electron chi connectivity index (χ2n) is 5.78. The predicted molar refractivity (Wildman–Crippen MR) is 85.6 cm³/mol. The SMILES string of the molecule is Cc1ccccc1C(=O)c1ccccc1CN1CCCC1. The first-order valence-electron chi connectivity index (χ1n) is 7.66. The molecule has 0 unspecified atom stereocenters. The summed E-state index contributed by atoms with van der Waals surface area (Å²) in [5.41, 5.74) is 3.84.